The molecule has 0 saturated carbocycles. The van der Waals surface area contributed by atoms with E-state index in [4.69, 9.17) is 9.15 Å². The van der Waals surface area contributed by atoms with Gasteiger partial charge < -0.3 is 19.8 Å². The van der Waals surface area contributed by atoms with E-state index in [-0.39, 0.29) is 29.9 Å². The van der Waals surface area contributed by atoms with Crippen LogP contribution in [0.2, 0.25) is 0 Å². The molecule has 0 amide bonds. The van der Waals surface area contributed by atoms with Gasteiger partial charge in [0, 0.05) is 13.1 Å². The Hall–Kier alpha value is -1.25. The quantitative estimate of drug-likeness (QED) is 0.215. The van der Waals surface area contributed by atoms with Crippen LogP contribution in [0.5, 0.6) is 0 Å². The summed E-state index contributed by atoms with van der Waals surface area (Å²) in [5.74, 6) is 1.56. The molecule has 0 atom stereocenters. The van der Waals surface area contributed by atoms with Crippen molar-refractivity contribution in [2.45, 2.75) is 46.6 Å². The lowest BCUT2D eigenvalue weighted by atomic mass is 10.2. The summed E-state index contributed by atoms with van der Waals surface area (Å²) in [5.41, 5.74) is 0.452. The van der Waals surface area contributed by atoms with Crippen LogP contribution in [-0.2, 0) is 11.3 Å². The highest BCUT2D eigenvalue weighted by molar-refractivity contribution is 14.0. The van der Waals surface area contributed by atoms with Crippen molar-refractivity contribution in [1.29, 1.82) is 0 Å². The summed E-state index contributed by atoms with van der Waals surface area (Å²) in [6.07, 6.45) is 3.51. The number of hydrogen-bond acceptors (Lipinski definition) is 4. The van der Waals surface area contributed by atoms with Gasteiger partial charge in [0.1, 0.15) is 23.6 Å². The van der Waals surface area contributed by atoms with Crippen molar-refractivity contribution in [2.75, 3.05) is 20.2 Å². The number of halogens is 1. The molecule has 0 radical (unpaired) electrons. The van der Waals surface area contributed by atoms with Gasteiger partial charge in [-0.05, 0) is 26.3 Å². The highest BCUT2D eigenvalue weighted by Crippen LogP contribution is 2.16. The minimum Gasteiger partial charge on any atom is -0.465 e. The van der Waals surface area contributed by atoms with E-state index in [1.807, 2.05) is 6.92 Å². The topological polar surface area (TPSA) is 75.9 Å². The fourth-order valence-corrected chi connectivity index (χ4v) is 2.01. The van der Waals surface area contributed by atoms with Crippen molar-refractivity contribution < 1.29 is 13.9 Å². The molecule has 0 bridgehead atoms. The maximum Gasteiger partial charge on any atom is 0.341 e. The Kier molecular flexibility index (Phi) is 11.5. The van der Waals surface area contributed by atoms with Crippen molar-refractivity contribution in [3.8, 4) is 0 Å². The van der Waals surface area contributed by atoms with Gasteiger partial charge in [-0.3, -0.25) is 0 Å². The molecule has 0 aliphatic heterocycles. The minimum atomic E-state index is -0.388. The Balaban J connectivity index is 0.00000484. The molecule has 1 heterocycles. The van der Waals surface area contributed by atoms with Crippen LogP contribution in [0.3, 0.4) is 0 Å². The maximum atomic E-state index is 11.5. The normalized spacial score (nSPS) is 10.9. The SMILES string of the molecule is CCCCCNC(=NCc1cc(C(=O)OC)c(C)o1)NCC.I. The number of hydrogen-bond donors (Lipinski definition) is 2. The molecule has 0 aromatic carbocycles. The largest absolute Gasteiger partial charge is 0.465 e. The average molecular weight is 437 g/mol. The zero-order valence-electron chi connectivity index (χ0n) is 14.4. The van der Waals surface area contributed by atoms with Crippen molar-refractivity contribution >= 4 is 35.9 Å². The summed E-state index contributed by atoms with van der Waals surface area (Å²) in [6.45, 7) is 8.01. The number of unbranched alkanes of at least 4 members (excludes halogenated alkanes) is 2. The molecular weight excluding hydrogens is 409 g/mol. The zero-order chi connectivity index (χ0) is 16.4. The Morgan fingerprint density at radius 1 is 1.30 bits per heavy atom. The molecule has 0 aliphatic carbocycles. The van der Waals surface area contributed by atoms with Crippen LogP contribution in [0.4, 0.5) is 0 Å². The lowest BCUT2D eigenvalue weighted by molar-refractivity contribution is 0.0599. The van der Waals surface area contributed by atoms with Gasteiger partial charge in [-0.1, -0.05) is 19.8 Å². The molecule has 2 N–H and O–H groups in total. The van der Waals surface area contributed by atoms with Crippen LogP contribution in [0.1, 0.15) is 55.0 Å². The van der Waals surface area contributed by atoms with Gasteiger partial charge in [-0.2, -0.15) is 0 Å². The van der Waals surface area contributed by atoms with E-state index in [1.54, 1.807) is 13.0 Å². The maximum absolute atomic E-state index is 11.5. The molecule has 23 heavy (non-hydrogen) atoms. The van der Waals surface area contributed by atoms with Crippen LogP contribution in [0.25, 0.3) is 0 Å². The molecule has 1 aromatic rings. The van der Waals surface area contributed by atoms with E-state index in [0.29, 0.717) is 23.6 Å². The number of nitrogens with zero attached hydrogens (tertiary/aromatic N) is 1. The molecule has 0 aliphatic rings. The van der Waals surface area contributed by atoms with E-state index in [2.05, 4.69) is 22.5 Å². The van der Waals surface area contributed by atoms with Gasteiger partial charge in [0.15, 0.2) is 5.96 Å². The Morgan fingerprint density at radius 2 is 2.04 bits per heavy atom. The summed E-state index contributed by atoms with van der Waals surface area (Å²) in [4.78, 5) is 16.0. The van der Waals surface area contributed by atoms with Gasteiger partial charge >= 0.3 is 5.97 Å². The number of rotatable bonds is 8. The lowest BCUT2D eigenvalue weighted by Crippen LogP contribution is -2.37. The van der Waals surface area contributed by atoms with E-state index < -0.39 is 0 Å². The van der Waals surface area contributed by atoms with Crippen LogP contribution in [-0.4, -0.2) is 32.1 Å². The number of esters is 1. The average Bonchev–Trinajstić information content (AvgIpc) is 2.89. The summed E-state index contributed by atoms with van der Waals surface area (Å²) in [7, 11) is 1.36. The van der Waals surface area contributed by atoms with Gasteiger partial charge in [-0.15, -0.1) is 24.0 Å². The van der Waals surface area contributed by atoms with Gasteiger partial charge in [0.25, 0.3) is 0 Å². The minimum absolute atomic E-state index is 0. The third-order valence-electron chi connectivity index (χ3n) is 3.18. The molecule has 0 fully saturated rings. The first-order valence-corrected chi connectivity index (χ1v) is 7.82. The monoisotopic (exact) mass is 437 g/mol. The molecule has 1 aromatic heterocycles. The number of ether oxygens (including phenoxy) is 1. The molecule has 0 saturated heterocycles. The van der Waals surface area contributed by atoms with Crippen molar-refractivity contribution in [1.82, 2.24) is 10.6 Å². The Morgan fingerprint density at radius 3 is 2.65 bits per heavy atom. The van der Waals surface area contributed by atoms with E-state index in [9.17, 15) is 4.79 Å². The van der Waals surface area contributed by atoms with E-state index in [0.717, 1.165) is 25.5 Å². The van der Waals surface area contributed by atoms with Crippen molar-refractivity contribution in [3.05, 3.63) is 23.2 Å². The summed E-state index contributed by atoms with van der Waals surface area (Å²) in [6, 6.07) is 1.69. The Bertz CT molecular complexity index is 501. The van der Waals surface area contributed by atoms with Gasteiger partial charge in [0.2, 0.25) is 0 Å². The fourth-order valence-electron chi connectivity index (χ4n) is 2.01. The molecule has 7 heteroatoms. The van der Waals surface area contributed by atoms with Crippen LogP contribution >= 0.6 is 24.0 Å². The molecule has 6 nitrogen and oxygen atoms in total. The summed E-state index contributed by atoms with van der Waals surface area (Å²) >= 11 is 0. The smallest absolute Gasteiger partial charge is 0.341 e. The molecule has 132 valence electrons. The lowest BCUT2D eigenvalue weighted by Gasteiger charge is -2.10. The Labute approximate surface area is 155 Å². The number of aryl methyl sites for hydroxylation is 1. The van der Waals surface area contributed by atoms with Crippen LogP contribution in [0.15, 0.2) is 15.5 Å². The second-order valence-electron chi connectivity index (χ2n) is 5.00. The number of guanidine groups is 1. The van der Waals surface area contributed by atoms with E-state index in [1.165, 1.54) is 20.0 Å². The second kappa shape index (κ2) is 12.2. The number of carbonyl (C=O) groups excluding carboxylic acids is 1. The van der Waals surface area contributed by atoms with Gasteiger partial charge in [0.05, 0.1) is 7.11 Å². The van der Waals surface area contributed by atoms with Crippen molar-refractivity contribution in [3.63, 3.8) is 0 Å². The van der Waals surface area contributed by atoms with Gasteiger partial charge in [-0.25, -0.2) is 9.79 Å². The fraction of sp³-hybridized carbons (Fsp3) is 0.625. The number of carbonyl (C=O) groups is 1. The van der Waals surface area contributed by atoms with Crippen molar-refractivity contribution in [2.24, 2.45) is 4.99 Å². The number of furan rings is 1. The molecule has 1 rings (SSSR count). The zero-order valence-corrected chi connectivity index (χ0v) is 16.7. The summed E-state index contributed by atoms with van der Waals surface area (Å²) < 4.78 is 10.3. The standard InChI is InChI=1S/C16H27N3O3.HI/c1-5-7-8-9-18-16(17-6-2)19-11-13-10-14(12(3)22-13)15(20)21-4;/h10H,5-9,11H2,1-4H3,(H2,17,18,19);1H. The number of aliphatic imine (C=N–C) groups is 1. The second-order valence-corrected chi connectivity index (χ2v) is 5.00. The molecular formula is C16H28IN3O3. The summed E-state index contributed by atoms with van der Waals surface area (Å²) in [5, 5.41) is 6.48. The highest BCUT2D eigenvalue weighted by Gasteiger charge is 2.15. The first-order valence-electron chi connectivity index (χ1n) is 7.82. The van der Waals surface area contributed by atoms with E-state index >= 15 is 0 Å². The predicted octanol–water partition coefficient (Wildman–Crippen LogP) is 3.24. The predicted molar refractivity (Wildman–Crippen MR) is 103 cm³/mol. The third kappa shape index (κ3) is 7.71. The first-order chi connectivity index (χ1) is 10.6. The molecule has 0 unspecified atom stereocenters. The highest BCUT2D eigenvalue weighted by atomic mass is 127. The molecule has 0 spiro atoms. The van der Waals surface area contributed by atoms with Crippen LogP contribution in [0, 0.1) is 6.92 Å². The first kappa shape index (κ1) is 21.8. The number of nitrogens with one attached hydrogen (secondary N) is 2. The van der Waals surface area contributed by atoms with Crippen LogP contribution < -0.4 is 10.6 Å². The number of methoxy groups -OCH3 is 1. The third-order valence-corrected chi connectivity index (χ3v) is 3.18.